The van der Waals surface area contributed by atoms with Crippen LogP contribution in [0.25, 0.3) is 0 Å². The minimum atomic E-state index is -1.01. The Kier molecular flexibility index (Phi) is 11.8. The highest BCUT2D eigenvalue weighted by Crippen LogP contribution is 2.41. The van der Waals surface area contributed by atoms with E-state index in [1.165, 1.54) is 31.1 Å². The van der Waals surface area contributed by atoms with Crippen LogP contribution in [0.1, 0.15) is 69.6 Å². The average Bonchev–Trinajstić information content (AvgIpc) is 3.81. The minimum Gasteiger partial charge on any atom is -0.497 e. The number of carboxylic acid groups (broad SMARTS) is 2. The molecule has 2 fully saturated rings. The number of amides is 2. The van der Waals surface area contributed by atoms with Crippen molar-refractivity contribution in [3.05, 3.63) is 124 Å². The van der Waals surface area contributed by atoms with Crippen LogP contribution in [-0.4, -0.2) is 77.2 Å². The molecule has 0 aromatic heterocycles. The highest BCUT2D eigenvalue weighted by atomic mass is 35.5. The first-order valence-electron chi connectivity index (χ1n) is 16.3. The molecule has 4 aromatic rings. The molecule has 51 heavy (non-hydrogen) atoms. The van der Waals surface area contributed by atoms with Gasteiger partial charge in [0.15, 0.2) is 0 Å². The van der Waals surface area contributed by atoms with Crippen molar-refractivity contribution >= 4 is 35.4 Å². The summed E-state index contributed by atoms with van der Waals surface area (Å²) >= 11 is 6.29. The highest BCUT2D eigenvalue weighted by Gasteiger charge is 2.43. The molecule has 2 saturated heterocycles. The number of aliphatic carboxylic acids is 2. The second kappa shape index (κ2) is 16.4. The molecule has 0 unspecified atom stereocenters. The van der Waals surface area contributed by atoms with E-state index < -0.39 is 24.0 Å². The van der Waals surface area contributed by atoms with Crippen LogP contribution < -0.4 is 14.2 Å². The lowest BCUT2D eigenvalue weighted by Crippen LogP contribution is -2.41. The SMILES string of the molecule is COc1cc(OC)cc(C(=O)N2[C@@H](c3ccccc3)CC[C@H]2C(=O)O)c1.COc1cccc(C(=O)N2[C@H](C(=O)O)CC[C@H]2c2ccccc2Cl)c1. The molecule has 2 N–H and O–H groups in total. The second-order valence-electron chi connectivity index (χ2n) is 12.1. The maximum absolute atomic E-state index is 13.2. The molecular weight excluding hydrogens is 676 g/mol. The van der Waals surface area contributed by atoms with E-state index in [1.54, 1.807) is 48.5 Å². The number of methoxy groups -OCH3 is 3. The first-order chi connectivity index (χ1) is 24.6. The Balaban J connectivity index is 0.000000198. The monoisotopic (exact) mass is 714 g/mol. The molecule has 4 aromatic carbocycles. The van der Waals surface area contributed by atoms with Gasteiger partial charge in [-0.05, 0) is 73.2 Å². The summed E-state index contributed by atoms with van der Waals surface area (Å²) in [6.45, 7) is 0. The van der Waals surface area contributed by atoms with Gasteiger partial charge in [-0.1, -0.05) is 66.2 Å². The van der Waals surface area contributed by atoms with E-state index in [1.807, 2.05) is 48.5 Å². The van der Waals surface area contributed by atoms with E-state index in [0.717, 1.165) is 11.1 Å². The third-order valence-electron chi connectivity index (χ3n) is 9.17. The third kappa shape index (κ3) is 8.10. The molecule has 0 aliphatic carbocycles. The first kappa shape index (κ1) is 36.7. The fourth-order valence-electron chi connectivity index (χ4n) is 6.71. The number of carbonyl (C=O) groups excluding carboxylic acids is 2. The number of benzene rings is 4. The van der Waals surface area contributed by atoms with Gasteiger partial charge in [0.05, 0.1) is 33.4 Å². The summed E-state index contributed by atoms with van der Waals surface area (Å²) in [6.07, 6.45) is 1.97. The van der Waals surface area contributed by atoms with Crippen LogP contribution >= 0.6 is 11.6 Å². The average molecular weight is 715 g/mol. The number of hydrogen-bond donors (Lipinski definition) is 2. The van der Waals surface area contributed by atoms with Crippen LogP contribution in [0.4, 0.5) is 0 Å². The molecule has 12 heteroatoms. The quantitative estimate of drug-likeness (QED) is 0.189. The Bertz CT molecular complexity index is 1860. The number of ether oxygens (including phenoxy) is 3. The standard InChI is InChI=1S/C20H21NO5.C19H18ClNO4/c1-25-15-10-14(11-16(12-15)26-2)19(22)21-17(8-9-18(21)20(23)24)13-6-4-3-5-7-13;1-25-13-6-4-5-12(11-13)18(22)21-16(9-10-17(21)19(23)24)14-7-2-3-8-15(14)20/h3-7,10-12,17-18H,8-9H2,1-2H3,(H,23,24);2-8,11,16-17H,9-10H2,1H3,(H,23,24)/t17-,18+;16-,17-/m10/s1. The van der Waals surface area contributed by atoms with Crippen LogP contribution in [0.3, 0.4) is 0 Å². The van der Waals surface area contributed by atoms with Gasteiger partial charge in [-0.3, -0.25) is 9.59 Å². The van der Waals surface area contributed by atoms with Gasteiger partial charge < -0.3 is 34.2 Å². The maximum Gasteiger partial charge on any atom is 0.326 e. The Morgan fingerprint density at radius 2 is 1.10 bits per heavy atom. The zero-order valence-electron chi connectivity index (χ0n) is 28.4. The van der Waals surface area contributed by atoms with Crippen molar-refractivity contribution in [2.75, 3.05) is 21.3 Å². The topological polar surface area (TPSA) is 143 Å². The molecule has 4 atom stereocenters. The fourth-order valence-corrected chi connectivity index (χ4v) is 6.97. The van der Waals surface area contributed by atoms with Gasteiger partial charge in [0.2, 0.25) is 0 Å². The minimum absolute atomic E-state index is 0.276. The molecule has 0 spiro atoms. The zero-order chi connectivity index (χ0) is 36.7. The zero-order valence-corrected chi connectivity index (χ0v) is 29.2. The van der Waals surface area contributed by atoms with Gasteiger partial charge in [0, 0.05) is 22.2 Å². The molecule has 266 valence electrons. The first-order valence-corrected chi connectivity index (χ1v) is 16.7. The molecule has 2 heterocycles. The van der Waals surface area contributed by atoms with E-state index in [0.29, 0.717) is 59.1 Å². The van der Waals surface area contributed by atoms with Crippen molar-refractivity contribution in [1.82, 2.24) is 9.80 Å². The number of likely N-dealkylation sites (tertiary alicyclic amines) is 2. The summed E-state index contributed by atoms with van der Waals surface area (Å²) in [5, 5.41) is 19.7. The van der Waals surface area contributed by atoms with Gasteiger partial charge in [-0.15, -0.1) is 0 Å². The Labute approximate surface area is 300 Å². The predicted molar refractivity (Wildman–Crippen MR) is 190 cm³/mol. The summed E-state index contributed by atoms with van der Waals surface area (Å²) in [7, 11) is 4.53. The van der Waals surface area contributed by atoms with E-state index in [9.17, 15) is 29.4 Å². The Morgan fingerprint density at radius 1 is 0.588 bits per heavy atom. The largest absolute Gasteiger partial charge is 0.497 e. The normalized spacial score (nSPS) is 19.5. The van der Waals surface area contributed by atoms with Crippen molar-refractivity contribution in [3.63, 3.8) is 0 Å². The van der Waals surface area contributed by atoms with Crippen LogP contribution in [-0.2, 0) is 9.59 Å². The lowest BCUT2D eigenvalue weighted by Gasteiger charge is -2.29. The smallest absolute Gasteiger partial charge is 0.326 e. The molecule has 2 amide bonds. The van der Waals surface area contributed by atoms with Gasteiger partial charge >= 0.3 is 11.9 Å². The number of hydrogen-bond acceptors (Lipinski definition) is 7. The lowest BCUT2D eigenvalue weighted by atomic mass is 10.0. The van der Waals surface area contributed by atoms with Crippen molar-refractivity contribution in [2.45, 2.75) is 49.9 Å². The van der Waals surface area contributed by atoms with Gasteiger partial charge in [0.25, 0.3) is 11.8 Å². The van der Waals surface area contributed by atoms with Crippen LogP contribution in [0.15, 0.2) is 97.1 Å². The van der Waals surface area contributed by atoms with Gasteiger partial charge in [-0.25, -0.2) is 9.59 Å². The molecule has 0 bridgehead atoms. The van der Waals surface area contributed by atoms with Crippen molar-refractivity contribution in [2.24, 2.45) is 0 Å². The maximum atomic E-state index is 13.2. The molecular formula is C39H39ClN2O9. The molecule has 0 radical (unpaired) electrons. The molecule has 2 aliphatic heterocycles. The number of rotatable bonds is 9. The molecule has 6 rings (SSSR count). The number of carboxylic acids is 2. The summed E-state index contributed by atoms with van der Waals surface area (Å²) in [4.78, 5) is 52.6. The van der Waals surface area contributed by atoms with Crippen molar-refractivity contribution < 1.29 is 43.6 Å². The van der Waals surface area contributed by atoms with Crippen LogP contribution in [0.5, 0.6) is 17.2 Å². The van der Waals surface area contributed by atoms with Crippen molar-refractivity contribution in [1.29, 1.82) is 0 Å². The summed E-state index contributed by atoms with van der Waals surface area (Å²) in [5.41, 5.74) is 2.43. The third-order valence-corrected chi connectivity index (χ3v) is 9.52. The molecule has 11 nitrogen and oxygen atoms in total. The number of carbonyl (C=O) groups is 4. The van der Waals surface area contributed by atoms with E-state index in [-0.39, 0.29) is 23.9 Å². The van der Waals surface area contributed by atoms with Crippen LogP contribution in [0, 0.1) is 0 Å². The lowest BCUT2D eigenvalue weighted by molar-refractivity contribution is -0.142. The second-order valence-corrected chi connectivity index (χ2v) is 12.5. The summed E-state index contributed by atoms with van der Waals surface area (Å²) in [6, 6.07) is 26.0. The van der Waals surface area contributed by atoms with E-state index in [2.05, 4.69) is 0 Å². The number of nitrogens with zero attached hydrogens (tertiary/aromatic N) is 2. The Hall–Kier alpha value is -5.55. The van der Waals surface area contributed by atoms with E-state index >= 15 is 0 Å². The Morgan fingerprint density at radius 3 is 1.67 bits per heavy atom. The summed E-state index contributed by atoms with van der Waals surface area (Å²) < 4.78 is 15.6. The van der Waals surface area contributed by atoms with Gasteiger partial charge in [-0.2, -0.15) is 0 Å². The van der Waals surface area contributed by atoms with Crippen molar-refractivity contribution in [3.8, 4) is 17.2 Å². The molecule has 0 saturated carbocycles. The number of halogens is 1. The van der Waals surface area contributed by atoms with Crippen LogP contribution in [0.2, 0.25) is 5.02 Å². The fraction of sp³-hybridized carbons (Fsp3) is 0.282. The molecule has 2 aliphatic rings. The van der Waals surface area contributed by atoms with E-state index in [4.69, 9.17) is 25.8 Å². The predicted octanol–water partition coefficient (Wildman–Crippen LogP) is 6.91. The van der Waals surface area contributed by atoms with Gasteiger partial charge in [0.1, 0.15) is 29.3 Å². The highest BCUT2D eigenvalue weighted by molar-refractivity contribution is 6.31. The summed E-state index contributed by atoms with van der Waals surface area (Å²) in [5.74, 6) is -1.18.